The molecule has 3 aromatic heterocycles. The van der Waals surface area contributed by atoms with Crippen molar-refractivity contribution in [2.45, 2.75) is 26.4 Å². The molecule has 0 fully saturated rings. The molecular formula is C25H27ClN5O4+. The minimum absolute atomic E-state index is 0.338. The third-order valence-electron chi connectivity index (χ3n) is 5.60. The first-order valence-electron chi connectivity index (χ1n) is 11.1. The van der Waals surface area contributed by atoms with Crippen LogP contribution in [0.1, 0.15) is 29.3 Å². The van der Waals surface area contributed by atoms with Crippen LogP contribution in [0.5, 0.6) is 11.5 Å². The van der Waals surface area contributed by atoms with Gasteiger partial charge in [0.2, 0.25) is 17.8 Å². The maximum absolute atomic E-state index is 12.0. The number of aryl methyl sites for hydroxylation is 1. The molecule has 0 aliphatic rings. The smallest absolute Gasteiger partial charge is 0.339 e. The fraction of sp³-hybridized carbons (Fsp3) is 0.280. The van der Waals surface area contributed by atoms with Gasteiger partial charge in [0.15, 0.2) is 0 Å². The molecular weight excluding hydrogens is 470 g/mol. The van der Waals surface area contributed by atoms with Crippen LogP contribution >= 0.6 is 11.6 Å². The molecule has 4 rings (SSSR count). The third-order valence-corrected chi connectivity index (χ3v) is 5.89. The highest BCUT2D eigenvalue weighted by Gasteiger charge is 2.23. The lowest BCUT2D eigenvalue weighted by Crippen LogP contribution is -2.37. The van der Waals surface area contributed by atoms with E-state index in [1.807, 2.05) is 27.3 Å². The Hall–Kier alpha value is -3.85. The maximum Gasteiger partial charge on any atom is 0.339 e. The molecule has 0 saturated carbocycles. The summed E-state index contributed by atoms with van der Waals surface area (Å²) in [5.41, 5.74) is 2.58. The van der Waals surface area contributed by atoms with Crippen molar-refractivity contribution in [3.8, 4) is 17.2 Å². The summed E-state index contributed by atoms with van der Waals surface area (Å²) < 4.78 is 19.5. The minimum atomic E-state index is -0.466. The second kappa shape index (κ2) is 10.6. The van der Waals surface area contributed by atoms with Crippen molar-refractivity contribution in [2.75, 3.05) is 26.6 Å². The van der Waals surface area contributed by atoms with Crippen molar-refractivity contribution < 1.29 is 23.6 Å². The van der Waals surface area contributed by atoms with Gasteiger partial charge >= 0.3 is 5.97 Å². The first-order chi connectivity index (χ1) is 17.0. The van der Waals surface area contributed by atoms with Crippen molar-refractivity contribution in [3.05, 3.63) is 65.3 Å². The van der Waals surface area contributed by atoms with Crippen molar-refractivity contribution in [2.24, 2.45) is 0 Å². The summed E-state index contributed by atoms with van der Waals surface area (Å²) in [7, 11) is 4.59. The van der Waals surface area contributed by atoms with E-state index in [9.17, 15) is 4.79 Å². The van der Waals surface area contributed by atoms with Gasteiger partial charge in [-0.15, -0.1) is 0 Å². The van der Waals surface area contributed by atoms with E-state index in [-0.39, 0.29) is 0 Å². The van der Waals surface area contributed by atoms with E-state index >= 15 is 0 Å². The second-order valence-electron chi connectivity index (χ2n) is 7.79. The topological polar surface area (TPSA) is 91.4 Å². The second-order valence-corrected chi connectivity index (χ2v) is 8.19. The van der Waals surface area contributed by atoms with Gasteiger partial charge in [0.25, 0.3) is 0 Å². The summed E-state index contributed by atoms with van der Waals surface area (Å²) in [4.78, 5) is 20.9. The number of hydrogen-bond acceptors (Lipinski definition) is 7. The molecule has 1 aromatic carbocycles. The van der Waals surface area contributed by atoms with Gasteiger partial charge in [0, 0.05) is 24.0 Å². The number of nitrogens with zero attached hydrogens (tertiary/aromatic N) is 4. The standard InChI is InChI=1S/C25H26ClN5O4/c1-5-8-30-15-29-24-22(23(30)28-12-16-6-7-19(33-2)10-21(16)34-3)20(26)14-31(24)18-9-17(11-27-13-18)25(32)35-4/h6-7,9-11,13-15H,5,8,12H2,1-4H3/p+1. The van der Waals surface area contributed by atoms with E-state index < -0.39 is 5.97 Å². The van der Waals surface area contributed by atoms with Crippen LogP contribution < -0.4 is 19.4 Å². The normalized spacial score (nSPS) is 10.9. The van der Waals surface area contributed by atoms with E-state index in [1.165, 1.54) is 13.3 Å². The Bertz CT molecular complexity index is 1370. The number of anilines is 1. The average molecular weight is 497 g/mol. The Kier molecular flexibility index (Phi) is 7.36. The molecule has 0 atom stereocenters. The van der Waals surface area contributed by atoms with E-state index in [2.05, 4.69) is 22.2 Å². The number of hydrogen-bond donors (Lipinski definition) is 1. The molecule has 0 spiro atoms. The van der Waals surface area contributed by atoms with Gasteiger partial charge in [-0.1, -0.05) is 23.5 Å². The van der Waals surface area contributed by atoms with Gasteiger partial charge in [-0.3, -0.25) is 9.55 Å². The highest BCUT2D eigenvalue weighted by molar-refractivity contribution is 6.36. The number of rotatable bonds is 9. The SMILES string of the molecule is CCC[n+]1cnc2c(c(Cl)cn2-c2cncc(C(=O)OC)c2)c1NCc1ccc(OC)cc1OC. The monoisotopic (exact) mass is 496 g/mol. The Balaban J connectivity index is 1.78. The van der Waals surface area contributed by atoms with Gasteiger partial charge in [-0.2, -0.15) is 0 Å². The number of fused-ring (bicyclic) bond motifs is 1. The van der Waals surface area contributed by atoms with Crippen LogP contribution in [0.25, 0.3) is 16.7 Å². The molecule has 0 bridgehead atoms. The molecule has 9 nitrogen and oxygen atoms in total. The largest absolute Gasteiger partial charge is 0.497 e. The Labute approximate surface area is 208 Å². The molecule has 4 aromatic rings. The number of benzene rings is 1. The predicted molar refractivity (Wildman–Crippen MR) is 133 cm³/mol. The number of carbonyl (C=O) groups is 1. The van der Waals surface area contributed by atoms with E-state index in [4.69, 9.17) is 25.8 Å². The number of pyridine rings is 1. The Morgan fingerprint density at radius 1 is 1.17 bits per heavy atom. The first-order valence-corrected chi connectivity index (χ1v) is 11.5. The van der Waals surface area contributed by atoms with Crippen LogP contribution in [0.4, 0.5) is 5.82 Å². The van der Waals surface area contributed by atoms with Gasteiger partial charge in [0.05, 0.1) is 56.9 Å². The highest BCUT2D eigenvalue weighted by Crippen LogP contribution is 2.32. The zero-order valence-electron chi connectivity index (χ0n) is 20.0. The Morgan fingerprint density at radius 2 is 2.00 bits per heavy atom. The summed E-state index contributed by atoms with van der Waals surface area (Å²) in [5.74, 6) is 1.81. The summed E-state index contributed by atoms with van der Waals surface area (Å²) in [6, 6.07) is 7.40. The molecule has 35 heavy (non-hydrogen) atoms. The lowest BCUT2D eigenvalue weighted by atomic mass is 10.2. The molecule has 0 aliphatic heterocycles. The van der Waals surface area contributed by atoms with Gasteiger partial charge < -0.3 is 19.5 Å². The number of nitrogens with one attached hydrogen (secondary N) is 1. The van der Waals surface area contributed by atoms with Crippen LogP contribution in [0, 0.1) is 0 Å². The zero-order chi connectivity index (χ0) is 24.9. The van der Waals surface area contributed by atoms with Crippen molar-refractivity contribution in [3.63, 3.8) is 0 Å². The quantitative estimate of drug-likeness (QED) is 0.274. The summed E-state index contributed by atoms with van der Waals surface area (Å²) >= 11 is 6.75. The van der Waals surface area contributed by atoms with Gasteiger partial charge in [-0.05, 0) is 24.6 Å². The fourth-order valence-electron chi connectivity index (χ4n) is 3.90. The number of methoxy groups -OCH3 is 3. The molecule has 0 aliphatic carbocycles. The van der Waals surface area contributed by atoms with E-state index in [0.29, 0.717) is 28.5 Å². The zero-order valence-corrected chi connectivity index (χ0v) is 20.8. The van der Waals surface area contributed by atoms with Crippen LogP contribution in [-0.2, 0) is 17.8 Å². The van der Waals surface area contributed by atoms with Crippen LogP contribution in [-0.4, -0.2) is 41.8 Å². The average Bonchev–Trinajstić information content (AvgIpc) is 3.24. The highest BCUT2D eigenvalue weighted by atomic mass is 35.5. The minimum Gasteiger partial charge on any atom is -0.497 e. The molecule has 10 heteroatoms. The van der Waals surface area contributed by atoms with E-state index in [0.717, 1.165) is 41.2 Å². The van der Waals surface area contributed by atoms with Crippen molar-refractivity contribution in [1.82, 2.24) is 14.5 Å². The summed E-state index contributed by atoms with van der Waals surface area (Å²) in [6.07, 6.45) is 7.57. The van der Waals surface area contributed by atoms with E-state index in [1.54, 1.807) is 39.0 Å². The van der Waals surface area contributed by atoms with Crippen LogP contribution in [0.15, 0.2) is 49.2 Å². The molecule has 0 radical (unpaired) electrons. The molecule has 1 N–H and O–H groups in total. The maximum atomic E-state index is 12.0. The summed E-state index contributed by atoms with van der Waals surface area (Å²) in [5, 5.41) is 4.81. The molecule has 0 unspecified atom stereocenters. The number of esters is 1. The van der Waals surface area contributed by atoms with Crippen molar-refractivity contribution in [1.29, 1.82) is 0 Å². The first kappa shape index (κ1) is 24.3. The number of ether oxygens (including phenoxy) is 3. The van der Waals surface area contributed by atoms with Gasteiger partial charge in [-0.25, -0.2) is 9.36 Å². The number of carbonyl (C=O) groups excluding carboxylic acids is 1. The number of halogens is 1. The fourth-order valence-corrected chi connectivity index (χ4v) is 4.17. The predicted octanol–water partition coefficient (Wildman–Crippen LogP) is 4.19. The molecule has 0 saturated heterocycles. The molecule has 0 amide bonds. The summed E-state index contributed by atoms with van der Waals surface area (Å²) in [6.45, 7) is 3.35. The van der Waals surface area contributed by atoms with Gasteiger partial charge in [0.1, 0.15) is 16.9 Å². The Morgan fingerprint density at radius 3 is 2.71 bits per heavy atom. The molecule has 3 heterocycles. The lowest BCUT2D eigenvalue weighted by Gasteiger charge is -2.12. The lowest BCUT2D eigenvalue weighted by molar-refractivity contribution is -0.684. The van der Waals surface area contributed by atoms with Crippen molar-refractivity contribution >= 4 is 34.4 Å². The third kappa shape index (κ3) is 4.85. The molecule has 182 valence electrons. The van der Waals surface area contributed by atoms with Crippen LogP contribution in [0.3, 0.4) is 0 Å². The van der Waals surface area contributed by atoms with Crippen LogP contribution in [0.2, 0.25) is 5.02 Å². The number of aromatic nitrogens is 4.